The number of nitrogens with one attached hydrogen (secondary N) is 1. The van der Waals surface area contributed by atoms with E-state index in [0.29, 0.717) is 6.54 Å². The van der Waals surface area contributed by atoms with E-state index >= 15 is 0 Å². The first-order valence-electron chi connectivity index (χ1n) is 5.04. The van der Waals surface area contributed by atoms with Crippen molar-refractivity contribution in [2.45, 2.75) is 25.3 Å². The topological polar surface area (TPSA) is 29.1 Å². The average molecular weight is 223 g/mol. The Morgan fingerprint density at radius 3 is 2.40 bits per heavy atom. The van der Waals surface area contributed by atoms with Crippen molar-refractivity contribution in [2.75, 3.05) is 6.26 Å². The summed E-state index contributed by atoms with van der Waals surface area (Å²) in [4.78, 5) is 12.6. The van der Waals surface area contributed by atoms with Gasteiger partial charge in [-0.1, -0.05) is 26.0 Å². The molecule has 0 atom stereocenters. The largest absolute Gasteiger partial charge is 0.352 e. The lowest BCUT2D eigenvalue weighted by molar-refractivity contribution is -0.124. The molecule has 1 rings (SSSR count). The van der Waals surface area contributed by atoms with Crippen molar-refractivity contribution in [2.24, 2.45) is 5.92 Å². The minimum absolute atomic E-state index is 0.0514. The van der Waals surface area contributed by atoms with Gasteiger partial charge >= 0.3 is 0 Å². The maximum atomic E-state index is 11.3. The van der Waals surface area contributed by atoms with E-state index < -0.39 is 0 Å². The van der Waals surface area contributed by atoms with Crippen LogP contribution in [0.5, 0.6) is 0 Å². The van der Waals surface area contributed by atoms with Gasteiger partial charge in [0.1, 0.15) is 0 Å². The normalized spacial score (nSPS) is 10.4. The molecule has 0 radical (unpaired) electrons. The average Bonchev–Trinajstić information content (AvgIpc) is 2.26. The molecule has 0 heterocycles. The van der Waals surface area contributed by atoms with Crippen molar-refractivity contribution in [3.63, 3.8) is 0 Å². The van der Waals surface area contributed by atoms with Crippen LogP contribution in [0.2, 0.25) is 0 Å². The molecule has 0 aromatic heterocycles. The molecule has 0 unspecified atom stereocenters. The minimum atomic E-state index is 0.0514. The summed E-state index contributed by atoms with van der Waals surface area (Å²) in [5.74, 6) is 0.152. The van der Waals surface area contributed by atoms with E-state index in [2.05, 4.69) is 23.7 Å². The van der Waals surface area contributed by atoms with Crippen LogP contribution in [0.1, 0.15) is 19.4 Å². The number of rotatable bonds is 4. The molecule has 0 aliphatic heterocycles. The number of thioether (sulfide) groups is 1. The van der Waals surface area contributed by atoms with Crippen molar-refractivity contribution >= 4 is 17.7 Å². The molecule has 2 nitrogen and oxygen atoms in total. The van der Waals surface area contributed by atoms with Crippen LogP contribution in [0.3, 0.4) is 0 Å². The van der Waals surface area contributed by atoms with Gasteiger partial charge in [0.05, 0.1) is 0 Å². The molecule has 0 aliphatic rings. The van der Waals surface area contributed by atoms with Gasteiger partial charge < -0.3 is 5.32 Å². The number of benzene rings is 1. The van der Waals surface area contributed by atoms with Crippen LogP contribution in [0, 0.1) is 5.92 Å². The molecule has 1 aromatic rings. The maximum Gasteiger partial charge on any atom is 0.222 e. The number of hydrogen-bond donors (Lipinski definition) is 1. The third-order valence-electron chi connectivity index (χ3n) is 2.15. The lowest BCUT2D eigenvalue weighted by Crippen LogP contribution is -2.27. The zero-order valence-electron chi connectivity index (χ0n) is 9.41. The summed E-state index contributed by atoms with van der Waals surface area (Å²) in [5.41, 5.74) is 1.14. The lowest BCUT2D eigenvalue weighted by atomic mass is 10.2. The Bertz CT molecular complexity index is 319. The molecule has 1 N–H and O–H groups in total. The van der Waals surface area contributed by atoms with E-state index in [9.17, 15) is 4.79 Å². The Labute approximate surface area is 95.5 Å². The standard InChI is InChI=1S/C12H17NOS/c1-9(2)12(14)13-8-10-4-6-11(15-3)7-5-10/h4-7,9H,8H2,1-3H3,(H,13,14). The Morgan fingerprint density at radius 1 is 1.33 bits per heavy atom. The highest BCUT2D eigenvalue weighted by Gasteiger charge is 2.05. The quantitative estimate of drug-likeness (QED) is 0.795. The fraction of sp³-hybridized carbons (Fsp3) is 0.417. The van der Waals surface area contributed by atoms with E-state index in [0.717, 1.165) is 5.56 Å². The molecule has 3 heteroatoms. The van der Waals surface area contributed by atoms with Crippen LogP contribution < -0.4 is 5.32 Å². The van der Waals surface area contributed by atoms with Gasteiger partial charge in [-0.3, -0.25) is 4.79 Å². The molecule has 1 aromatic carbocycles. The zero-order valence-corrected chi connectivity index (χ0v) is 10.2. The van der Waals surface area contributed by atoms with E-state index in [4.69, 9.17) is 0 Å². The summed E-state index contributed by atoms with van der Waals surface area (Å²) >= 11 is 1.72. The molecule has 1 amide bonds. The van der Waals surface area contributed by atoms with Crippen LogP contribution in [0.25, 0.3) is 0 Å². The molecule has 0 spiro atoms. The number of carbonyl (C=O) groups excluding carboxylic acids is 1. The summed E-state index contributed by atoms with van der Waals surface area (Å²) in [7, 11) is 0. The summed E-state index contributed by atoms with van der Waals surface area (Å²) in [6.07, 6.45) is 2.05. The second kappa shape index (κ2) is 5.81. The van der Waals surface area contributed by atoms with Crippen molar-refractivity contribution in [3.05, 3.63) is 29.8 Å². The van der Waals surface area contributed by atoms with Crippen molar-refractivity contribution in [3.8, 4) is 0 Å². The second-order valence-electron chi connectivity index (χ2n) is 3.72. The number of hydrogen-bond acceptors (Lipinski definition) is 2. The van der Waals surface area contributed by atoms with Gasteiger partial charge in [0.25, 0.3) is 0 Å². The van der Waals surface area contributed by atoms with Crippen LogP contribution in [0.15, 0.2) is 29.2 Å². The smallest absolute Gasteiger partial charge is 0.222 e. The molecule has 0 bridgehead atoms. The predicted molar refractivity (Wildman–Crippen MR) is 64.9 cm³/mol. The van der Waals surface area contributed by atoms with Crippen LogP contribution in [-0.4, -0.2) is 12.2 Å². The SMILES string of the molecule is CSc1ccc(CNC(=O)C(C)C)cc1. The van der Waals surface area contributed by atoms with Gasteiger partial charge in [-0.25, -0.2) is 0 Å². The van der Waals surface area contributed by atoms with E-state index in [-0.39, 0.29) is 11.8 Å². The molecular weight excluding hydrogens is 206 g/mol. The maximum absolute atomic E-state index is 11.3. The second-order valence-corrected chi connectivity index (χ2v) is 4.60. The van der Waals surface area contributed by atoms with Crippen molar-refractivity contribution in [1.82, 2.24) is 5.32 Å². The number of carbonyl (C=O) groups is 1. The zero-order chi connectivity index (χ0) is 11.3. The number of amides is 1. The van der Waals surface area contributed by atoms with Crippen LogP contribution in [0.4, 0.5) is 0 Å². The Balaban J connectivity index is 2.47. The van der Waals surface area contributed by atoms with Gasteiger partial charge in [0.15, 0.2) is 0 Å². The summed E-state index contributed by atoms with van der Waals surface area (Å²) in [6, 6.07) is 8.24. The molecule has 0 fully saturated rings. The monoisotopic (exact) mass is 223 g/mol. The highest BCUT2D eigenvalue weighted by atomic mass is 32.2. The highest BCUT2D eigenvalue weighted by Crippen LogP contribution is 2.14. The van der Waals surface area contributed by atoms with Gasteiger partial charge in [-0.2, -0.15) is 0 Å². The predicted octanol–water partition coefficient (Wildman–Crippen LogP) is 2.68. The van der Waals surface area contributed by atoms with Crippen molar-refractivity contribution < 1.29 is 4.79 Å². The lowest BCUT2D eigenvalue weighted by Gasteiger charge is -2.07. The fourth-order valence-electron chi connectivity index (χ4n) is 1.14. The van der Waals surface area contributed by atoms with Gasteiger partial charge in [0, 0.05) is 17.4 Å². The molecule has 82 valence electrons. The van der Waals surface area contributed by atoms with E-state index in [1.165, 1.54) is 4.90 Å². The first-order chi connectivity index (χ1) is 7.13. The van der Waals surface area contributed by atoms with Gasteiger partial charge in [-0.15, -0.1) is 11.8 Å². The third-order valence-corrected chi connectivity index (χ3v) is 2.89. The first kappa shape index (κ1) is 12.1. The van der Waals surface area contributed by atoms with E-state index in [1.54, 1.807) is 11.8 Å². The van der Waals surface area contributed by atoms with Crippen molar-refractivity contribution in [1.29, 1.82) is 0 Å². The molecule has 0 saturated heterocycles. The summed E-state index contributed by atoms with van der Waals surface area (Å²) in [5, 5.41) is 2.89. The Kier molecular flexibility index (Phi) is 4.69. The first-order valence-corrected chi connectivity index (χ1v) is 6.26. The summed E-state index contributed by atoms with van der Waals surface area (Å²) < 4.78 is 0. The van der Waals surface area contributed by atoms with Crippen LogP contribution >= 0.6 is 11.8 Å². The third kappa shape index (κ3) is 3.96. The van der Waals surface area contributed by atoms with Gasteiger partial charge in [0.2, 0.25) is 5.91 Å². The Hall–Kier alpha value is -0.960. The minimum Gasteiger partial charge on any atom is -0.352 e. The molecular formula is C12H17NOS. The van der Waals surface area contributed by atoms with E-state index in [1.807, 2.05) is 26.0 Å². The molecule has 15 heavy (non-hydrogen) atoms. The molecule has 0 saturated carbocycles. The Morgan fingerprint density at radius 2 is 1.93 bits per heavy atom. The van der Waals surface area contributed by atoms with Crippen LogP contribution in [-0.2, 0) is 11.3 Å². The summed E-state index contributed by atoms with van der Waals surface area (Å²) in [6.45, 7) is 4.41. The fourth-order valence-corrected chi connectivity index (χ4v) is 1.54. The highest BCUT2D eigenvalue weighted by molar-refractivity contribution is 7.98. The van der Waals surface area contributed by atoms with Gasteiger partial charge in [-0.05, 0) is 24.0 Å². The molecule has 0 aliphatic carbocycles.